The van der Waals surface area contributed by atoms with Gasteiger partial charge in [-0.05, 0) is 52.2 Å². The lowest BCUT2D eigenvalue weighted by molar-refractivity contribution is 0.0978. The topological polar surface area (TPSA) is 50.9 Å². The van der Waals surface area contributed by atoms with Crippen LogP contribution in [-0.4, -0.2) is 11.0 Å². The van der Waals surface area contributed by atoms with E-state index in [0.29, 0.717) is 17.4 Å². The van der Waals surface area contributed by atoms with Crippen molar-refractivity contribution in [2.24, 2.45) is 17.2 Å². The third kappa shape index (κ3) is 3.77. The van der Waals surface area contributed by atoms with E-state index in [-0.39, 0.29) is 0 Å². The zero-order valence-electron chi connectivity index (χ0n) is 11.8. The maximum absolute atomic E-state index is 5.82. The molecule has 0 bridgehead atoms. The number of pyridine rings is 1. The molecule has 0 aliphatic heterocycles. The zero-order valence-corrected chi connectivity index (χ0v) is 13.4. The van der Waals surface area contributed by atoms with E-state index in [1.54, 1.807) is 0 Å². The van der Waals surface area contributed by atoms with Crippen molar-refractivity contribution < 1.29 is 0 Å². The van der Waals surface area contributed by atoms with E-state index in [0.717, 1.165) is 16.6 Å². The summed E-state index contributed by atoms with van der Waals surface area (Å²) in [5.74, 6) is 6.44. The van der Waals surface area contributed by atoms with Crippen LogP contribution in [0.2, 0.25) is 0 Å². The van der Waals surface area contributed by atoms with Gasteiger partial charge in [0.2, 0.25) is 0 Å². The second-order valence-electron chi connectivity index (χ2n) is 6.29. The Morgan fingerprint density at radius 2 is 2.26 bits per heavy atom. The smallest absolute Gasteiger partial charge is 0.0420 e. The molecule has 1 fully saturated rings. The van der Waals surface area contributed by atoms with Gasteiger partial charge in [0.05, 0.1) is 0 Å². The summed E-state index contributed by atoms with van der Waals surface area (Å²) in [7, 11) is 0. The lowest BCUT2D eigenvalue weighted by Crippen LogP contribution is -2.48. The van der Waals surface area contributed by atoms with Gasteiger partial charge < -0.3 is 0 Å². The van der Waals surface area contributed by atoms with Gasteiger partial charge in [-0.3, -0.25) is 16.3 Å². The second-order valence-corrected chi connectivity index (χ2v) is 7.20. The Hall–Kier alpha value is -0.450. The largest absolute Gasteiger partial charge is 0.271 e. The summed E-state index contributed by atoms with van der Waals surface area (Å²) < 4.78 is 1.02. The number of hydrogen-bond donors (Lipinski definition) is 2. The van der Waals surface area contributed by atoms with Gasteiger partial charge in [-0.25, -0.2) is 0 Å². The quantitative estimate of drug-likeness (QED) is 0.658. The molecule has 1 aromatic heterocycles. The molecule has 19 heavy (non-hydrogen) atoms. The van der Waals surface area contributed by atoms with Gasteiger partial charge >= 0.3 is 0 Å². The van der Waals surface area contributed by atoms with Crippen LogP contribution in [0.1, 0.15) is 45.2 Å². The molecular formula is C15H24BrN3. The first kappa shape index (κ1) is 14.9. The Bertz CT molecular complexity index is 402. The summed E-state index contributed by atoms with van der Waals surface area (Å²) in [5.41, 5.74) is 4.51. The number of hydrogen-bond acceptors (Lipinski definition) is 3. The Kier molecular flexibility index (Phi) is 4.98. The van der Waals surface area contributed by atoms with Gasteiger partial charge in [-0.1, -0.05) is 26.7 Å². The highest BCUT2D eigenvalue weighted by atomic mass is 79.9. The number of nitrogens with zero attached hydrogens (tertiary/aromatic N) is 1. The average Bonchev–Trinajstić information content (AvgIpc) is 2.38. The normalized spacial score (nSPS) is 24.1. The lowest BCUT2D eigenvalue weighted by atomic mass is 9.65. The molecule has 2 rings (SSSR count). The molecule has 1 aromatic rings. The predicted molar refractivity (Wildman–Crippen MR) is 82.5 cm³/mol. The Morgan fingerprint density at radius 3 is 2.84 bits per heavy atom. The van der Waals surface area contributed by atoms with Crippen molar-refractivity contribution in [2.75, 3.05) is 0 Å². The van der Waals surface area contributed by atoms with Crippen LogP contribution < -0.4 is 11.3 Å². The van der Waals surface area contributed by atoms with Gasteiger partial charge in [0.1, 0.15) is 0 Å². The Morgan fingerprint density at radius 1 is 1.47 bits per heavy atom. The third-order valence-corrected chi connectivity index (χ3v) is 4.98. The molecule has 1 saturated carbocycles. The van der Waals surface area contributed by atoms with Crippen LogP contribution in [-0.2, 0) is 6.42 Å². The molecule has 4 heteroatoms. The van der Waals surface area contributed by atoms with E-state index >= 15 is 0 Å². The number of nitrogens with one attached hydrogen (secondary N) is 1. The number of rotatable bonds is 4. The third-order valence-electron chi connectivity index (χ3n) is 4.51. The molecule has 106 valence electrons. The van der Waals surface area contributed by atoms with Gasteiger partial charge in [0.25, 0.3) is 0 Å². The van der Waals surface area contributed by atoms with Crippen LogP contribution in [0.4, 0.5) is 0 Å². The van der Waals surface area contributed by atoms with Crippen molar-refractivity contribution >= 4 is 15.9 Å². The van der Waals surface area contributed by atoms with Crippen molar-refractivity contribution in [1.82, 2.24) is 10.4 Å². The summed E-state index contributed by atoms with van der Waals surface area (Å²) in [6, 6.07) is 4.43. The molecule has 0 saturated heterocycles. The molecule has 1 aliphatic carbocycles. The van der Waals surface area contributed by atoms with Gasteiger partial charge in [-0.2, -0.15) is 0 Å². The fourth-order valence-corrected chi connectivity index (χ4v) is 3.57. The monoisotopic (exact) mass is 325 g/mol. The van der Waals surface area contributed by atoms with Gasteiger partial charge in [0.15, 0.2) is 0 Å². The van der Waals surface area contributed by atoms with Crippen molar-refractivity contribution in [3.05, 3.63) is 28.5 Å². The summed E-state index contributed by atoms with van der Waals surface area (Å²) in [6.45, 7) is 4.74. The summed E-state index contributed by atoms with van der Waals surface area (Å²) in [4.78, 5) is 4.47. The highest BCUT2D eigenvalue weighted by Gasteiger charge is 2.37. The standard InChI is InChI=1S/C15H24BrN3/c1-15(2)8-4-3-5-13(15)14(19-17)9-12-7-6-11(16)10-18-12/h6-7,10,13-14,19H,3-5,8-9,17H2,1-2H3. The Labute approximate surface area is 124 Å². The molecule has 1 aliphatic rings. The number of aromatic nitrogens is 1. The van der Waals surface area contributed by atoms with E-state index in [9.17, 15) is 0 Å². The van der Waals surface area contributed by atoms with Crippen LogP contribution >= 0.6 is 15.9 Å². The highest BCUT2D eigenvalue weighted by Crippen LogP contribution is 2.42. The van der Waals surface area contributed by atoms with E-state index < -0.39 is 0 Å². The van der Waals surface area contributed by atoms with Crippen LogP contribution in [0.5, 0.6) is 0 Å². The molecule has 2 unspecified atom stereocenters. The molecular weight excluding hydrogens is 302 g/mol. The molecule has 3 N–H and O–H groups in total. The predicted octanol–water partition coefficient (Wildman–Crippen LogP) is 3.43. The van der Waals surface area contributed by atoms with Gasteiger partial charge in [0, 0.05) is 28.8 Å². The molecule has 0 aromatic carbocycles. The molecule has 0 radical (unpaired) electrons. The van der Waals surface area contributed by atoms with E-state index in [1.807, 2.05) is 12.3 Å². The van der Waals surface area contributed by atoms with Crippen LogP contribution in [0.15, 0.2) is 22.8 Å². The Balaban J connectivity index is 2.08. The second kappa shape index (κ2) is 6.33. The summed E-state index contributed by atoms with van der Waals surface area (Å²) in [5, 5.41) is 0. The van der Waals surface area contributed by atoms with Crippen LogP contribution in [0.25, 0.3) is 0 Å². The number of nitrogens with two attached hydrogens (primary N) is 1. The fraction of sp³-hybridized carbons (Fsp3) is 0.667. The maximum atomic E-state index is 5.82. The lowest BCUT2D eigenvalue weighted by Gasteiger charge is -2.43. The molecule has 0 spiro atoms. The first-order chi connectivity index (χ1) is 9.03. The number of hydrazine groups is 1. The zero-order chi connectivity index (χ0) is 13.9. The SMILES string of the molecule is CC1(C)CCCCC1C(Cc1ccc(Br)cn1)NN. The van der Waals surface area contributed by atoms with Crippen LogP contribution in [0, 0.1) is 11.3 Å². The minimum atomic E-state index is 0.309. The first-order valence-corrected chi connectivity index (χ1v) is 7.89. The minimum absolute atomic E-state index is 0.309. The molecule has 0 amide bonds. The van der Waals surface area contributed by atoms with Crippen molar-refractivity contribution in [3.8, 4) is 0 Å². The average molecular weight is 326 g/mol. The molecule has 1 heterocycles. The molecule has 2 atom stereocenters. The minimum Gasteiger partial charge on any atom is -0.271 e. The molecule has 3 nitrogen and oxygen atoms in total. The fourth-order valence-electron chi connectivity index (χ4n) is 3.34. The highest BCUT2D eigenvalue weighted by molar-refractivity contribution is 9.10. The van der Waals surface area contributed by atoms with Crippen molar-refractivity contribution in [2.45, 2.75) is 52.0 Å². The van der Waals surface area contributed by atoms with Gasteiger partial charge in [-0.15, -0.1) is 0 Å². The van der Waals surface area contributed by atoms with Crippen LogP contribution in [0.3, 0.4) is 0 Å². The van der Waals surface area contributed by atoms with E-state index in [4.69, 9.17) is 5.84 Å². The van der Waals surface area contributed by atoms with Crippen molar-refractivity contribution in [3.63, 3.8) is 0 Å². The van der Waals surface area contributed by atoms with Crippen molar-refractivity contribution in [1.29, 1.82) is 0 Å². The number of halogens is 1. The summed E-state index contributed by atoms with van der Waals surface area (Å²) in [6.07, 6.45) is 7.98. The maximum Gasteiger partial charge on any atom is 0.0420 e. The first-order valence-electron chi connectivity index (χ1n) is 7.09. The van der Waals surface area contributed by atoms with E-state index in [2.05, 4.69) is 46.3 Å². The summed E-state index contributed by atoms with van der Waals surface area (Å²) >= 11 is 3.42. The van der Waals surface area contributed by atoms with E-state index in [1.165, 1.54) is 25.7 Å².